The van der Waals surface area contributed by atoms with Crippen LogP contribution in [-0.4, -0.2) is 22.2 Å². The minimum atomic E-state index is -0.149. The SMILES string of the molecule is CC(C)c1noc(-c2ccc(NC(=O)NC3CCCC3)cc2)n1. The van der Waals surface area contributed by atoms with Gasteiger partial charge < -0.3 is 15.2 Å². The minimum absolute atomic E-state index is 0.149. The number of anilines is 1. The van der Waals surface area contributed by atoms with Crippen LogP contribution in [0.25, 0.3) is 11.5 Å². The predicted molar refractivity (Wildman–Crippen MR) is 88.2 cm³/mol. The quantitative estimate of drug-likeness (QED) is 0.896. The number of nitrogens with one attached hydrogen (secondary N) is 2. The van der Waals surface area contributed by atoms with Crippen LogP contribution in [0.15, 0.2) is 28.8 Å². The molecule has 0 radical (unpaired) electrons. The number of amides is 2. The second-order valence-electron chi connectivity index (χ2n) is 6.27. The number of hydrogen-bond acceptors (Lipinski definition) is 4. The van der Waals surface area contributed by atoms with Gasteiger partial charge in [0.2, 0.25) is 0 Å². The molecule has 122 valence electrons. The molecule has 1 aliphatic carbocycles. The zero-order valence-corrected chi connectivity index (χ0v) is 13.5. The van der Waals surface area contributed by atoms with Gasteiger partial charge >= 0.3 is 6.03 Å². The van der Waals surface area contributed by atoms with Gasteiger partial charge in [-0.2, -0.15) is 4.98 Å². The van der Waals surface area contributed by atoms with Gasteiger partial charge in [-0.15, -0.1) is 0 Å². The lowest BCUT2D eigenvalue weighted by Gasteiger charge is -2.12. The number of hydrogen-bond donors (Lipinski definition) is 2. The van der Waals surface area contributed by atoms with E-state index in [0.717, 1.165) is 24.1 Å². The zero-order chi connectivity index (χ0) is 16.2. The van der Waals surface area contributed by atoms with Crippen molar-refractivity contribution in [3.8, 4) is 11.5 Å². The zero-order valence-electron chi connectivity index (χ0n) is 13.5. The molecule has 1 fully saturated rings. The molecular weight excluding hydrogens is 292 g/mol. The van der Waals surface area contributed by atoms with Crippen molar-refractivity contribution < 1.29 is 9.32 Å². The standard InChI is InChI=1S/C17H22N4O2/c1-11(2)15-20-16(23-21-15)12-7-9-14(10-8-12)19-17(22)18-13-5-3-4-6-13/h7-11,13H,3-6H2,1-2H3,(H2,18,19,22). The van der Waals surface area contributed by atoms with Crippen LogP contribution in [0.3, 0.4) is 0 Å². The van der Waals surface area contributed by atoms with E-state index in [1.165, 1.54) is 12.8 Å². The smallest absolute Gasteiger partial charge is 0.319 e. The molecule has 1 aliphatic rings. The third-order valence-electron chi connectivity index (χ3n) is 4.04. The van der Waals surface area contributed by atoms with Gasteiger partial charge in [-0.05, 0) is 37.1 Å². The van der Waals surface area contributed by atoms with Gasteiger partial charge in [0.1, 0.15) is 0 Å². The minimum Gasteiger partial charge on any atom is -0.335 e. The number of rotatable bonds is 4. The molecule has 0 bridgehead atoms. The fraction of sp³-hybridized carbons (Fsp3) is 0.471. The van der Waals surface area contributed by atoms with E-state index in [9.17, 15) is 4.79 Å². The Labute approximate surface area is 135 Å². The summed E-state index contributed by atoms with van der Waals surface area (Å²) in [5.74, 6) is 1.42. The number of benzene rings is 1. The second-order valence-corrected chi connectivity index (χ2v) is 6.27. The highest BCUT2D eigenvalue weighted by Gasteiger charge is 2.17. The van der Waals surface area contributed by atoms with Crippen LogP contribution in [0.1, 0.15) is 51.3 Å². The molecule has 2 N–H and O–H groups in total. The second kappa shape index (κ2) is 6.81. The van der Waals surface area contributed by atoms with Crippen LogP contribution in [0.5, 0.6) is 0 Å². The first kappa shape index (κ1) is 15.5. The van der Waals surface area contributed by atoms with Crippen molar-refractivity contribution in [1.29, 1.82) is 0 Å². The molecule has 6 heteroatoms. The number of carbonyl (C=O) groups excluding carboxylic acids is 1. The van der Waals surface area contributed by atoms with Crippen molar-refractivity contribution in [2.75, 3.05) is 5.32 Å². The molecule has 0 spiro atoms. The van der Waals surface area contributed by atoms with E-state index < -0.39 is 0 Å². The van der Waals surface area contributed by atoms with Crippen molar-refractivity contribution in [1.82, 2.24) is 15.5 Å². The molecule has 0 unspecified atom stereocenters. The Hall–Kier alpha value is -2.37. The largest absolute Gasteiger partial charge is 0.335 e. The molecule has 23 heavy (non-hydrogen) atoms. The molecule has 2 aromatic rings. The number of carbonyl (C=O) groups is 1. The van der Waals surface area contributed by atoms with Crippen LogP contribution >= 0.6 is 0 Å². The first-order valence-electron chi connectivity index (χ1n) is 8.13. The van der Waals surface area contributed by atoms with Crippen LogP contribution in [0, 0.1) is 0 Å². The Morgan fingerprint density at radius 3 is 2.52 bits per heavy atom. The first-order chi connectivity index (χ1) is 11.1. The molecule has 1 heterocycles. The van der Waals surface area contributed by atoms with E-state index >= 15 is 0 Å². The maximum Gasteiger partial charge on any atom is 0.319 e. The monoisotopic (exact) mass is 314 g/mol. The number of urea groups is 1. The average molecular weight is 314 g/mol. The van der Waals surface area contributed by atoms with Crippen molar-refractivity contribution >= 4 is 11.7 Å². The van der Waals surface area contributed by atoms with E-state index in [2.05, 4.69) is 20.8 Å². The van der Waals surface area contributed by atoms with E-state index in [1.54, 1.807) is 0 Å². The first-order valence-corrected chi connectivity index (χ1v) is 8.13. The molecule has 0 aliphatic heterocycles. The summed E-state index contributed by atoms with van der Waals surface area (Å²) in [5, 5.41) is 9.81. The van der Waals surface area contributed by atoms with Crippen molar-refractivity contribution in [2.24, 2.45) is 0 Å². The van der Waals surface area contributed by atoms with Gasteiger partial charge in [-0.3, -0.25) is 0 Å². The number of nitrogens with zero attached hydrogens (tertiary/aromatic N) is 2. The molecule has 1 saturated carbocycles. The van der Waals surface area contributed by atoms with Crippen LogP contribution in [-0.2, 0) is 0 Å². The average Bonchev–Trinajstić information content (AvgIpc) is 3.19. The summed E-state index contributed by atoms with van der Waals surface area (Å²) < 4.78 is 5.26. The molecule has 6 nitrogen and oxygen atoms in total. The van der Waals surface area contributed by atoms with Gasteiger partial charge in [0.05, 0.1) is 0 Å². The summed E-state index contributed by atoms with van der Waals surface area (Å²) in [6.45, 7) is 4.04. The van der Waals surface area contributed by atoms with Crippen molar-refractivity contribution in [3.63, 3.8) is 0 Å². The molecule has 0 atom stereocenters. The Morgan fingerprint density at radius 2 is 1.91 bits per heavy atom. The lowest BCUT2D eigenvalue weighted by Crippen LogP contribution is -2.36. The van der Waals surface area contributed by atoms with Gasteiger partial charge in [0, 0.05) is 23.2 Å². The highest BCUT2D eigenvalue weighted by atomic mass is 16.5. The Kier molecular flexibility index (Phi) is 4.60. The van der Waals surface area contributed by atoms with Crippen molar-refractivity contribution in [2.45, 2.75) is 51.5 Å². The fourth-order valence-electron chi connectivity index (χ4n) is 2.71. The summed E-state index contributed by atoms with van der Waals surface area (Å²) >= 11 is 0. The van der Waals surface area contributed by atoms with E-state index in [4.69, 9.17) is 4.52 Å². The lowest BCUT2D eigenvalue weighted by atomic mass is 10.2. The summed E-state index contributed by atoms with van der Waals surface area (Å²) in [5.41, 5.74) is 1.58. The summed E-state index contributed by atoms with van der Waals surface area (Å²) in [6, 6.07) is 7.56. The Bertz CT molecular complexity index is 657. The van der Waals surface area contributed by atoms with E-state index in [0.29, 0.717) is 17.8 Å². The van der Waals surface area contributed by atoms with Crippen LogP contribution < -0.4 is 10.6 Å². The third kappa shape index (κ3) is 3.88. The van der Waals surface area contributed by atoms with E-state index in [-0.39, 0.29) is 11.9 Å². The summed E-state index contributed by atoms with van der Waals surface area (Å²) in [6.07, 6.45) is 4.54. The Balaban J connectivity index is 1.60. The molecule has 3 rings (SSSR count). The molecule has 1 aromatic carbocycles. The van der Waals surface area contributed by atoms with Crippen LogP contribution in [0.4, 0.5) is 10.5 Å². The molecule has 0 saturated heterocycles. The molecule has 2 amide bonds. The van der Waals surface area contributed by atoms with Gasteiger partial charge in [0.25, 0.3) is 5.89 Å². The fourth-order valence-corrected chi connectivity index (χ4v) is 2.71. The highest BCUT2D eigenvalue weighted by Crippen LogP contribution is 2.22. The van der Waals surface area contributed by atoms with Gasteiger partial charge in [0.15, 0.2) is 5.82 Å². The maximum absolute atomic E-state index is 11.9. The van der Waals surface area contributed by atoms with Crippen LogP contribution in [0.2, 0.25) is 0 Å². The molecular formula is C17H22N4O2. The van der Waals surface area contributed by atoms with Crippen molar-refractivity contribution in [3.05, 3.63) is 30.1 Å². The highest BCUT2D eigenvalue weighted by molar-refractivity contribution is 5.89. The number of aromatic nitrogens is 2. The van der Waals surface area contributed by atoms with Gasteiger partial charge in [-0.25, -0.2) is 4.79 Å². The Morgan fingerprint density at radius 1 is 1.22 bits per heavy atom. The third-order valence-corrected chi connectivity index (χ3v) is 4.04. The summed E-state index contributed by atoms with van der Waals surface area (Å²) in [7, 11) is 0. The lowest BCUT2D eigenvalue weighted by molar-refractivity contribution is 0.248. The van der Waals surface area contributed by atoms with Gasteiger partial charge in [-0.1, -0.05) is 31.8 Å². The summed E-state index contributed by atoms with van der Waals surface area (Å²) in [4.78, 5) is 16.3. The van der Waals surface area contributed by atoms with E-state index in [1.807, 2.05) is 38.1 Å². The predicted octanol–water partition coefficient (Wildman–Crippen LogP) is 3.92. The maximum atomic E-state index is 11.9. The normalized spacial score (nSPS) is 15.1. The topological polar surface area (TPSA) is 80.0 Å². The molecule has 1 aromatic heterocycles.